The van der Waals surface area contributed by atoms with Crippen LogP contribution in [0, 0.1) is 5.41 Å². The molecular weight excluding hydrogens is 443 g/mol. The first kappa shape index (κ1) is 26.6. The van der Waals surface area contributed by atoms with Gasteiger partial charge in [0.05, 0.1) is 0 Å². The van der Waals surface area contributed by atoms with E-state index in [1.165, 1.54) is 95.3 Å². The van der Waals surface area contributed by atoms with Crippen LogP contribution in [0.2, 0.25) is 0 Å². The standard InChI is InChI=1S/C25H48BrPS/c1-6-10-16-25(5,17-11-7-2)18-21-27(26,19-12-8-3,20-13-9-4)23-24-15-14-22-28-24/h14-15,22H,6-13,16-21,23H2,1-5H3. The molecule has 3 heteroatoms. The minimum atomic E-state index is -1.90. The first-order valence-electron chi connectivity index (χ1n) is 12.1. The molecular formula is C25H48BrPS. The molecule has 0 N–H and O–H groups in total. The molecule has 0 nitrogen and oxygen atoms in total. The zero-order valence-electron chi connectivity index (χ0n) is 19.6. The molecule has 0 amide bonds. The van der Waals surface area contributed by atoms with E-state index in [9.17, 15) is 0 Å². The van der Waals surface area contributed by atoms with Crippen molar-refractivity contribution < 1.29 is 0 Å². The molecule has 0 fully saturated rings. The first-order chi connectivity index (χ1) is 13.3. The molecule has 1 aromatic rings. The van der Waals surface area contributed by atoms with Crippen LogP contribution in [0.1, 0.15) is 110 Å². The van der Waals surface area contributed by atoms with Gasteiger partial charge in [0.2, 0.25) is 0 Å². The number of hydrogen-bond acceptors (Lipinski definition) is 1. The van der Waals surface area contributed by atoms with Gasteiger partial charge in [0.25, 0.3) is 0 Å². The van der Waals surface area contributed by atoms with Gasteiger partial charge in [0, 0.05) is 0 Å². The van der Waals surface area contributed by atoms with Gasteiger partial charge < -0.3 is 0 Å². The van der Waals surface area contributed by atoms with E-state index in [4.69, 9.17) is 0 Å². The third kappa shape index (κ3) is 9.18. The third-order valence-corrected chi connectivity index (χ3v) is 17.2. The van der Waals surface area contributed by atoms with Crippen LogP contribution in [0.15, 0.2) is 17.5 Å². The molecule has 0 aliphatic rings. The van der Waals surface area contributed by atoms with Crippen LogP contribution in [-0.4, -0.2) is 18.5 Å². The van der Waals surface area contributed by atoms with Crippen molar-refractivity contribution in [3.05, 3.63) is 22.4 Å². The molecule has 0 unspecified atom stereocenters. The minimum absolute atomic E-state index is 0.539. The molecule has 0 aromatic carbocycles. The first-order valence-corrected chi connectivity index (χ1v) is 17.9. The van der Waals surface area contributed by atoms with E-state index in [0.717, 1.165) is 0 Å². The van der Waals surface area contributed by atoms with Crippen molar-refractivity contribution in [1.29, 1.82) is 0 Å². The summed E-state index contributed by atoms with van der Waals surface area (Å²) in [5, 5.41) is 0.369. The second kappa shape index (κ2) is 13.1. The van der Waals surface area contributed by atoms with Gasteiger partial charge in [-0.1, -0.05) is 0 Å². The average molecular weight is 492 g/mol. The zero-order chi connectivity index (χ0) is 21.0. The van der Waals surface area contributed by atoms with Gasteiger partial charge in [0.15, 0.2) is 0 Å². The summed E-state index contributed by atoms with van der Waals surface area (Å²) in [4.78, 5) is 1.62. The summed E-state index contributed by atoms with van der Waals surface area (Å²) in [5.41, 5.74) is 0.539. The summed E-state index contributed by atoms with van der Waals surface area (Å²) < 4.78 is 0. The van der Waals surface area contributed by atoms with Crippen molar-refractivity contribution in [3.63, 3.8) is 0 Å². The normalized spacial score (nSPS) is 14.1. The molecule has 166 valence electrons. The van der Waals surface area contributed by atoms with Crippen molar-refractivity contribution in [2.75, 3.05) is 18.5 Å². The zero-order valence-corrected chi connectivity index (χ0v) is 22.9. The molecule has 0 aliphatic carbocycles. The van der Waals surface area contributed by atoms with E-state index in [1.54, 1.807) is 4.88 Å². The molecule has 1 rings (SSSR count). The Morgan fingerprint density at radius 2 is 1.36 bits per heavy atom. The molecule has 1 aromatic heterocycles. The molecule has 0 saturated carbocycles. The maximum atomic E-state index is 4.64. The van der Waals surface area contributed by atoms with E-state index >= 15 is 0 Å². The van der Waals surface area contributed by atoms with Crippen molar-refractivity contribution in [3.8, 4) is 0 Å². The Hall–Kier alpha value is 0.610. The van der Waals surface area contributed by atoms with Crippen LogP contribution in [0.4, 0.5) is 0 Å². The maximum absolute atomic E-state index is 4.64. The summed E-state index contributed by atoms with van der Waals surface area (Å²) in [6.45, 7) is 12.0. The van der Waals surface area contributed by atoms with Gasteiger partial charge in [0.1, 0.15) is 0 Å². The summed E-state index contributed by atoms with van der Waals surface area (Å²) in [5.74, 6) is 0. The average Bonchev–Trinajstić information content (AvgIpc) is 3.19. The molecule has 0 bridgehead atoms. The van der Waals surface area contributed by atoms with Crippen LogP contribution >= 0.6 is 32.1 Å². The summed E-state index contributed by atoms with van der Waals surface area (Å²) >= 11 is 6.62. The summed E-state index contributed by atoms with van der Waals surface area (Å²) in [6.07, 6.45) is 20.8. The number of unbranched alkanes of at least 4 members (excludes halogenated alkanes) is 4. The van der Waals surface area contributed by atoms with Gasteiger partial charge >= 0.3 is 190 Å². The van der Waals surface area contributed by atoms with E-state index < -0.39 is 5.31 Å². The Balaban J connectivity index is 3.08. The Morgan fingerprint density at radius 3 is 1.79 bits per heavy atom. The van der Waals surface area contributed by atoms with Crippen LogP contribution < -0.4 is 0 Å². The van der Waals surface area contributed by atoms with Crippen LogP contribution in [0.3, 0.4) is 0 Å². The Labute approximate surface area is 189 Å². The Bertz CT molecular complexity index is 495. The third-order valence-electron chi connectivity index (χ3n) is 6.81. The second-order valence-corrected chi connectivity index (χ2v) is 22.1. The SMILES string of the molecule is CCCCC(C)(CCCC)CCP(Br)(CCCC)(CCCC)Cc1cccs1. The second-order valence-electron chi connectivity index (χ2n) is 9.70. The quantitative estimate of drug-likeness (QED) is 0.190. The number of hydrogen-bond donors (Lipinski definition) is 0. The van der Waals surface area contributed by atoms with E-state index in [1.807, 2.05) is 11.3 Å². The predicted octanol–water partition coefficient (Wildman–Crippen LogP) is 10.5. The van der Waals surface area contributed by atoms with E-state index in [2.05, 4.69) is 67.6 Å². The van der Waals surface area contributed by atoms with Gasteiger partial charge in [-0.2, -0.15) is 0 Å². The molecule has 0 spiro atoms. The number of rotatable bonds is 17. The van der Waals surface area contributed by atoms with Crippen molar-refractivity contribution in [1.82, 2.24) is 0 Å². The fourth-order valence-corrected chi connectivity index (χ4v) is 15.1. The van der Waals surface area contributed by atoms with Crippen LogP contribution in [0.5, 0.6) is 0 Å². The van der Waals surface area contributed by atoms with Crippen LogP contribution in [-0.2, 0) is 6.16 Å². The Kier molecular flexibility index (Phi) is 12.5. The molecule has 1 heterocycles. The predicted molar refractivity (Wildman–Crippen MR) is 140 cm³/mol. The topological polar surface area (TPSA) is 0 Å². The van der Waals surface area contributed by atoms with Gasteiger partial charge in [-0.15, -0.1) is 0 Å². The number of thiophene rings is 1. The number of halogens is 1. The molecule has 0 aliphatic heterocycles. The van der Waals surface area contributed by atoms with Gasteiger partial charge in [-0.3, -0.25) is 0 Å². The van der Waals surface area contributed by atoms with Crippen LogP contribution in [0.25, 0.3) is 0 Å². The molecule has 28 heavy (non-hydrogen) atoms. The molecule has 0 radical (unpaired) electrons. The van der Waals surface area contributed by atoms with E-state index in [-0.39, 0.29) is 0 Å². The summed E-state index contributed by atoms with van der Waals surface area (Å²) in [7, 11) is 0. The Morgan fingerprint density at radius 1 is 0.821 bits per heavy atom. The van der Waals surface area contributed by atoms with Gasteiger partial charge in [-0.25, -0.2) is 0 Å². The van der Waals surface area contributed by atoms with Crippen molar-refractivity contribution >= 4 is 32.1 Å². The van der Waals surface area contributed by atoms with E-state index in [0.29, 0.717) is 5.41 Å². The fraction of sp³-hybridized carbons (Fsp3) is 0.840. The monoisotopic (exact) mass is 490 g/mol. The fourth-order valence-electron chi connectivity index (χ4n) is 4.60. The molecule has 0 saturated heterocycles. The van der Waals surface area contributed by atoms with Crippen molar-refractivity contribution in [2.24, 2.45) is 5.41 Å². The molecule has 0 atom stereocenters. The van der Waals surface area contributed by atoms with Crippen molar-refractivity contribution in [2.45, 2.75) is 111 Å². The summed E-state index contributed by atoms with van der Waals surface area (Å²) in [6, 6.07) is 4.64. The van der Waals surface area contributed by atoms with Gasteiger partial charge in [-0.05, 0) is 0 Å².